The molecule has 0 bridgehead atoms. The molecule has 1 unspecified atom stereocenters. The van der Waals surface area contributed by atoms with Gasteiger partial charge in [-0.2, -0.15) is 10.0 Å². The Kier molecular flexibility index (Phi) is 2.81. The van der Waals surface area contributed by atoms with Gasteiger partial charge in [0, 0.05) is 4.90 Å². The first kappa shape index (κ1) is 13.4. The number of phenols is 1. The number of rotatable bonds is 1. The van der Waals surface area contributed by atoms with Crippen molar-refractivity contribution >= 4 is 26.9 Å². The highest BCUT2D eigenvalue weighted by Gasteiger charge is 2.27. The van der Waals surface area contributed by atoms with Crippen LogP contribution in [0.2, 0.25) is 0 Å². The highest BCUT2D eigenvalue weighted by molar-refractivity contribution is 8.36. The lowest BCUT2D eigenvalue weighted by Crippen LogP contribution is -1.95. The van der Waals surface area contributed by atoms with E-state index in [1.54, 1.807) is 18.2 Å². The summed E-state index contributed by atoms with van der Waals surface area (Å²) in [7, 11) is -1.27. The maximum Gasteiger partial charge on any atom is 0.123 e. The molecular weight excluding hydrogens is 295 g/mol. The van der Waals surface area contributed by atoms with Crippen molar-refractivity contribution < 1.29 is 9.50 Å². The van der Waals surface area contributed by atoms with E-state index in [-0.39, 0.29) is 11.6 Å². The maximum absolute atomic E-state index is 13.4. The van der Waals surface area contributed by atoms with Crippen molar-refractivity contribution in [2.75, 3.05) is 6.26 Å². The molecule has 3 aromatic carbocycles. The fraction of sp³-hybridized carbons (Fsp3) is 0.0526. The molecule has 0 saturated heterocycles. The number of halogens is 1. The lowest BCUT2D eigenvalue weighted by Gasteiger charge is -2.31. The van der Waals surface area contributed by atoms with Crippen molar-refractivity contribution in [2.45, 2.75) is 9.79 Å². The second-order valence-corrected chi connectivity index (χ2v) is 8.81. The van der Waals surface area contributed by atoms with Gasteiger partial charge in [0.1, 0.15) is 11.6 Å². The molecule has 1 nitrogen and oxygen atoms in total. The van der Waals surface area contributed by atoms with Crippen LogP contribution in [0.4, 0.5) is 4.39 Å². The molecule has 3 aromatic rings. The van der Waals surface area contributed by atoms with Gasteiger partial charge in [0.25, 0.3) is 0 Å². The summed E-state index contributed by atoms with van der Waals surface area (Å²) in [5.41, 5.74) is 0.975. The molecular formula is C19H15FOS. The molecule has 3 heteroatoms. The van der Waals surface area contributed by atoms with Gasteiger partial charge in [-0.1, -0.05) is 12.1 Å². The SMILES string of the molecule is CS1(c2ccc3cc(O)ccc3c2)C=Cc2cc(F)ccc21. The molecule has 0 saturated carbocycles. The zero-order valence-corrected chi connectivity index (χ0v) is 12.9. The lowest BCUT2D eigenvalue weighted by atomic mass is 10.1. The number of aromatic hydroxyl groups is 1. The van der Waals surface area contributed by atoms with Gasteiger partial charge < -0.3 is 5.11 Å². The highest BCUT2D eigenvalue weighted by atomic mass is 32.3. The van der Waals surface area contributed by atoms with Gasteiger partial charge in [0.05, 0.1) is 0 Å². The second kappa shape index (κ2) is 4.62. The first-order valence-corrected chi connectivity index (χ1v) is 9.16. The molecule has 1 aliphatic rings. The summed E-state index contributed by atoms with van der Waals surface area (Å²) in [6, 6.07) is 16.8. The van der Waals surface area contributed by atoms with Crippen LogP contribution >= 0.6 is 10.0 Å². The Bertz CT molecular complexity index is 932. The summed E-state index contributed by atoms with van der Waals surface area (Å²) in [6.07, 6.45) is 4.25. The van der Waals surface area contributed by atoms with Gasteiger partial charge in [-0.25, -0.2) is 4.39 Å². The van der Waals surface area contributed by atoms with Crippen molar-refractivity contribution in [3.05, 3.63) is 71.4 Å². The Hall–Kier alpha value is -2.26. The van der Waals surface area contributed by atoms with Crippen molar-refractivity contribution in [3.63, 3.8) is 0 Å². The summed E-state index contributed by atoms with van der Waals surface area (Å²) >= 11 is 0. The maximum atomic E-state index is 13.4. The van der Waals surface area contributed by atoms with Gasteiger partial charge >= 0.3 is 0 Å². The van der Waals surface area contributed by atoms with Gasteiger partial charge in [-0.3, -0.25) is 0 Å². The normalized spacial score (nSPS) is 22.5. The van der Waals surface area contributed by atoms with Crippen LogP contribution in [0.1, 0.15) is 5.56 Å². The molecule has 1 atom stereocenters. The van der Waals surface area contributed by atoms with Crippen LogP contribution in [0.25, 0.3) is 16.8 Å². The van der Waals surface area contributed by atoms with Crippen LogP contribution in [-0.4, -0.2) is 11.4 Å². The van der Waals surface area contributed by atoms with E-state index in [0.717, 1.165) is 16.3 Å². The minimum atomic E-state index is -1.27. The fourth-order valence-electron chi connectivity index (χ4n) is 3.00. The molecule has 0 fully saturated rings. The average Bonchev–Trinajstić information content (AvgIpc) is 2.84. The van der Waals surface area contributed by atoms with Crippen LogP contribution in [0.5, 0.6) is 5.75 Å². The third-order valence-corrected chi connectivity index (χ3v) is 7.43. The molecule has 0 radical (unpaired) electrons. The summed E-state index contributed by atoms with van der Waals surface area (Å²) in [5.74, 6) is 0.0847. The smallest absolute Gasteiger partial charge is 0.123 e. The minimum Gasteiger partial charge on any atom is -0.508 e. The van der Waals surface area contributed by atoms with E-state index in [2.05, 4.69) is 23.8 Å². The summed E-state index contributed by atoms with van der Waals surface area (Å²) < 4.78 is 13.4. The molecule has 1 heterocycles. The molecule has 0 amide bonds. The van der Waals surface area contributed by atoms with E-state index in [1.165, 1.54) is 15.9 Å². The average molecular weight is 310 g/mol. The second-order valence-electron chi connectivity index (χ2n) is 5.66. The van der Waals surface area contributed by atoms with Crippen molar-refractivity contribution in [2.24, 2.45) is 0 Å². The predicted octanol–water partition coefficient (Wildman–Crippen LogP) is 5.52. The Morgan fingerprint density at radius 1 is 0.909 bits per heavy atom. The topological polar surface area (TPSA) is 20.2 Å². The van der Waals surface area contributed by atoms with Gasteiger partial charge in [0.2, 0.25) is 0 Å². The first-order valence-electron chi connectivity index (χ1n) is 7.05. The molecule has 4 rings (SSSR count). The van der Waals surface area contributed by atoms with E-state index >= 15 is 0 Å². The molecule has 1 aliphatic heterocycles. The van der Waals surface area contributed by atoms with Crippen LogP contribution < -0.4 is 0 Å². The third kappa shape index (κ3) is 1.93. The van der Waals surface area contributed by atoms with Crippen LogP contribution in [0, 0.1) is 5.82 Å². The van der Waals surface area contributed by atoms with Gasteiger partial charge in [-0.15, -0.1) is 0 Å². The predicted molar refractivity (Wildman–Crippen MR) is 91.1 cm³/mol. The van der Waals surface area contributed by atoms with Crippen LogP contribution in [-0.2, 0) is 0 Å². The van der Waals surface area contributed by atoms with Crippen molar-refractivity contribution in [1.29, 1.82) is 0 Å². The molecule has 1 N–H and O–H groups in total. The zero-order chi connectivity index (χ0) is 15.3. The summed E-state index contributed by atoms with van der Waals surface area (Å²) in [4.78, 5) is 2.44. The number of fused-ring (bicyclic) bond motifs is 2. The Labute approximate surface area is 130 Å². The van der Waals surface area contributed by atoms with Crippen molar-refractivity contribution in [1.82, 2.24) is 0 Å². The number of hydrogen-bond donors (Lipinski definition) is 1. The molecule has 22 heavy (non-hydrogen) atoms. The van der Waals surface area contributed by atoms with E-state index in [4.69, 9.17) is 0 Å². The molecule has 0 spiro atoms. The third-order valence-electron chi connectivity index (χ3n) is 4.23. The first-order chi connectivity index (χ1) is 10.6. The largest absolute Gasteiger partial charge is 0.508 e. The monoisotopic (exact) mass is 310 g/mol. The lowest BCUT2D eigenvalue weighted by molar-refractivity contribution is 0.476. The van der Waals surface area contributed by atoms with E-state index in [1.807, 2.05) is 24.3 Å². The number of hydrogen-bond acceptors (Lipinski definition) is 1. The van der Waals surface area contributed by atoms with Gasteiger partial charge in [-0.05, 0) is 81.4 Å². The summed E-state index contributed by atoms with van der Waals surface area (Å²) in [5, 5.41) is 13.9. The van der Waals surface area contributed by atoms with Crippen LogP contribution in [0.3, 0.4) is 0 Å². The quantitative estimate of drug-likeness (QED) is 0.627. The summed E-state index contributed by atoms with van der Waals surface area (Å²) in [6.45, 7) is 0. The standard InChI is InChI=1S/C19H15FOS/c1-22(9-8-15-10-16(20)4-7-19(15)22)18-6-3-13-11-17(21)5-2-14(13)12-18/h2-12,21H,1H3. The van der Waals surface area contributed by atoms with Gasteiger partial charge in [0.15, 0.2) is 0 Å². The minimum absolute atomic E-state index is 0.193. The highest BCUT2D eigenvalue weighted by Crippen LogP contribution is 2.65. The molecule has 110 valence electrons. The van der Waals surface area contributed by atoms with E-state index < -0.39 is 10.0 Å². The zero-order valence-electron chi connectivity index (χ0n) is 12.1. The number of phenolic OH excluding ortho intramolecular Hbond substituents is 1. The molecule has 0 aliphatic carbocycles. The van der Waals surface area contributed by atoms with Crippen LogP contribution in [0.15, 0.2) is 69.8 Å². The fourth-order valence-corrected chi connectivity index (χ4v) is 5.67. The Morgan fingerprint density at radius 3 is 2.55 bits per heavy atom. The molecule has 0 aromatic heterocycles. The van der Waals surface area contributed by atoms with E-state index in [0.29, 0.717) is 0 Å². The Balaban J connectivity index is 1.89. The number of benzene rings is 3. The van der Waals surface area contributed by atoms with Crippen molar-refractivity contribution in [3.8, 4) is 5.75 Å². The van der Waals surface area contributed by atoms with E-state index in [9.17, 15) is 9.50 Å². The Morgan fingerprint density at radius 2 is 1.68 bits per heavy atom.